The second-order valence-electron chi connectivity index (χ2n) is 11.5. The molecule has 1 saturated carbocycles. The van der Waals surface area contributed by atoms with Crippen LogP contribution < -0.4 is 14.4 Å². The van der Waals surface area contributed by atoms with E-state index in [0.717, 1.165) is 31.0 Å². The third-order valence-corrected chi connectivity index (χ3v) is 13.1. The van der Waals surface area contributed by atoms with Crippen molar-refractivity contribution in [2.45, 2.75) is 76.9 Å². The third kappa shape index (κ3) is 4.81. The molecule has 1 unspecified atom stereocenters. The number of methoxy groups -OCH3 is 1. The fourth-order valence-electron chi connectivity index (χ4n) is 4.83. The van der Waals surface area contributed by atoms with Gasteiger partial charge in [0.15, 0.2) is 26.0 Å². The predicted octanol–water partition coefficient (Wildman–Crippen LogP) is 5.70. The monoisotopic (exact) mass is 568 g/mol. The van der Waals surface area contributed by atoms with Gasteiger partial charge >= 0.3 is 6.09 Å². The minimum atomic E-state index is -2.39. The molecule has 1 spiro atoms. The van der Waals surface area contributed by atoms with Crippen molar-refractivity contribution >= 4 is 41.9 Å². The van der Waals surface area contributed by atoms with Crippen molar-refractivity contribution in [2.24, 2.45) is 5.41 Å². The molecule has 2 amide bonds. The number of ether oxygens (including phenoxy) is 2. The maximum Gasteiger partial charge on any atom is 0.414 e. The Morgan fingerprint density at radius 1 is 1.26 bits per heavy atom. The van der Waals surface area contributed by atoms with Gasteiger partial charge in [0, 0.05) is 17.9 Å². The average molecular weight is 570 g/mol. The molecule has 1 aromatic carbocycles. The van der Waals surface area contributed by atoms with Crippen LogP contribution in [0.2, 0.25) is 18.1 Å². The Morgan fingerprint density at radius 2 is 1.94 bits per heavy atom. The van der Waals surface area contributed by atoms with Crippen LogP contribution in [0.3, 0.4) is 0 Å². The number of halogens is 1. The van der Waals surface area contributed by atoms with Crippen LogP contribution in [0.1, 0.15) is 56.8 Å². The average Bonchev–Trinajstić information content (AvgIpc) is 3.43. The van der Waals surface area contributed by atoms with E-state index >= 15 is 0 Å². The molecule has 10 heteroatoms. The minimum Gasteiger partial charge on any atom is -0.493 e. The number of fused-ring (bicyclic) bond motifs is 2. The van der Waals surface area contributed by atoms with Crippen LogP contribution in [-0.4, -0.2) is 68.2 Å². The van der Waals surface area contributed by atoms with E-state index in [1.165, 1.54) is 12.0 Å². The number of carbonyl (C=O) groups excluding carboxylic acids is 1. The molecule has 3 aliphatic rings. The molecule has 1 N–H and O–H groups in total. The maximum atomic E-state index is 13.9. The Hall–Kier alpha value is -1.78. The second-order valence-corrected chi connectivity index (χ2v) is 17.1. The lowest BCUT2D eigenvalue weighted by molar-refractivity contribution is 0.0541. The lowest BCUT2D eigenvalue weighted by Gasteiger charge is -2.44. The topological polar surface area (TPSA) is 88.5 Å². The molecule has 0 bridgehead atoms. The second kappa shape index (κ2) is 9.26. The number of carboxylic acid groups (broad SMARTS) is 1. The summed E-state index contributed by atoms with van der Waals surface area (Å²) in [7, 11) is -0.869. The van der Waals surface area contributed by atoms with Crippen LogP contribution in [0.25, 0.3) is 0 Å². The lowest BCUT2D eigenvalue weighted by Crippen LogP contribution is -2.57. The van der Waals surface area contributed by atoms with Crippen LogP contribution in [0, 0.1) is 5.41 Å². The van der Waals surface area contributed by atoms with Crippen LogP contribution >= 0.6 is 15.9 Å². The van der Waals surface area contributed by atoms with Gasteiger partial charge in [-0.05, 0) is 55.3 Å². The highest BCUT2D eigenvalue weighted by Crippen LogP contribution is 2.57. The Kier molecular flexibility index (Phi) is 6.96. The van der Waals surface area contributed by atoms with Gasteiger partial charge in [-0.1, -0.05) is 36.7 Å². The molecule has 4 rings (SSSR count). The van der Waals surface area contributed by atoms with Crippen molar-refractivity contribution < 1.29 is 28.6 Å². The summed E-state index contributed by atoms with van der Waals surface area (Å²) in [4.78, 5) is 29.9. The van der Waals surface area contributed by atoms with Crippen molar-refractivity contribution in [1.82, 2.24) is 4.90 Å². The summed E-state index contributed by atoms with van der Waals surface area (Å²) in [6.07, 6.45) is 1.71. The molecular weight excluding hydrogens is 532 g/mol. The fourth-order valence-corrected chi connectivity index (χ4v) is 6.28. The zero-order valence-corrected chi connectivity index (χ0v) is 24.1. The number of hydrogen-bond donors (Lipinski definition) is 1. The number of nitrogens with zero attached hydrogens (tertiary/aromatic N) is 2. The van der Waals surface area contributed by atoms with Crippen molar-refractivity contribution in [3.8, 4) is 11.5 Å². The summed E-state index contributed by atoms with van der Waals surface area (Å²) >= 11 is 3.40. The Bertz CT molecular complexity index is 1010. The molecule has 0 radical (unpaired) electrons. The molecular formula is C25H37BrN2O6Si. The zero-order chi connectivity index (χ0) is 25.8. The van der Waals surface area contributed by atoms with Crippen LogP contribution in [0.15, 0.2) is 12.1 Å². The van der Waals surface area contributed by atoms with Crippen LogP contribution in [-0.2, 0) is 4.43 Å². The van der Waals surface area contributed by atoms with Gasteiger partial charge in [0.25, 0.3) is 5.91 Å². The van der Waals surface area contributed by atoms with E-state index in [0.29, 0.717) is 35.9 Å². The van der Waals surface area contributed by atoms with Gasteiger partial charge in [0.1, 0.15) is 0 Å². The summed E-state index contributed by atoms with van der Waals surface area (Å²) < 4.78 is 18.3. The summed E-state index contributed by atoms with van der Waals surface area (Å²) in [6, 6.07) is 2.91. The van der Waals surface area contributed by atoms with Gasteiger partial charge in [-0.3, -0.25) is 4.79 Å². The summed E-state index contributed by atoms with van der Waals surface area (Å²) in [5.74, 6) is 0.655. The first-order valence-corrected chi connectivity index (χ1v) is 16.3. The normalized spacial score (nSPS) is 23.1. The molecule has 1 saturated heterocycles. The molecule has 1 aromatic rings. The number of rotatable bonds is 7. The number of amides is 2. The standard InChI is InChI=1S/C25H37BrN2O6Si/c1-24(2,3)35(5,6)34-22-18-14-25(8-9-25)15-27(18)21(29)16-12-19(32-4)20(33-11-7-10-26)13-17(16)28(22)23(30)31/h12-13,18,22H,7-11,14-15H2,1-6H3,(H,30,31)/t18-,22?/m0/s1. The van der Waals surface area contributed by atoms with Crippen molar-refractivity contribution in [3.63, 3.8) is 0 Å². The van der Waals surface area contributed by atoms with E-state index in [2.05, 4.69) is 49.8 Å². The van der Waals surface area contributed by atoms with Crippen molar-refractivity contribution in [3.05, 3.63) is 17.7 Å². The van der Waals surface area contributed by atoms with E-state index < -0.39 is 20.6 Å². The highest BCUT2D eigenvalue weighted by atomic mass is 79.9. The first-order valence-electron chi connectivity index (χ1n) is 12.3. The SMILES string of the molecule is COc1cc2c(cc1OCCCBr)N(C(=O)O)C(O[Si](C)(C)C(C)(C)C)[C@@H]1CC3(CC3)CN1C2=O. The Morgan fingerprint density at radius 3 is 2.49 bits per heavy atom. The summed E-state index contributed by atoms with van der Waals surface area (Å²) in [5.41, 5.74) is 0.682. The molecule has 2 aliphatic heterocycles. The Balaban J connectivity index is 1.86. The van der Waals surface area contributed by atoms with E-state index in [-0.39, 0.29) is 22.4 Å². The molecule has 2 atom stereocenters. The van der Waals surface area contributed by atoms with Gasteiger partial charge < -0.3 is 23.9 Å². The Labute approximate surface area is 217 Å². The van der Waals surface area contributed by atoms with Crippen molar-refractivity contribution in [2.75, 3.05) is 30.5 Å². The maximum absolute atomic E-state index is 13.9. The smallest absolute Gasteiger partial charge is 0.414 e. The van der Waals surface area contributed by atoms with Crippen LogP contribution in [0.5, 0.6) is 11.5 Å². The number of carbonyl (C=O) groups is 2. The van der Waals surface area contributed by atoms with Gasteiger partial charge in [-0.15, -0.1) is 0 Å². The molecule has 35 heavy (non-hydrogen) atoms. The molecule has 194 valence electrons. The quantitative estimate of drug-likeness (QED) is 0.258. The molecule has 1 aliphatic carbocycles. The van der Waals surface area contributed by atoms with E-state index in [9.17, 15) is 14.7 Å². The molecule has 0 aromatic heterocycles. The fraction of sp³-hybridized carbons (Fsp3) is 0.680. The number of alkyl halides is 1. The lowest BCUT2D eigenvalue weighted by atomic mass is 10.0. The molecule has 2 fully saturated rings. The van der Waals surface area contributed by atoms with Gasteiger partial charge in [0.2, 0.25) is 0 Å². The first kappa shape index (κ1) is 26.3. The highest BCUT2D eigenvalue weighted by Gasteiger charge is 2.59. The van der Waals surface area contributed by atoms with Gasteiger partial charge in [-0.2, -0.15) is 0 Å². The number of benzene rings is 1. The van der Waals surface area contributed by atoms with E-state index in [1.54, 1.807) is 12.1 Å². The summed E-state index contributed by atoms with van der Waals surface area (Å²) in [5, 5.41) is 11.2. The van der Waals surface area contributed by atoms with Crippen LogP contribution in [0.4, 0.5) is 10.5 Å². The van der Waals surface area contributed by atoms with E-state index in [1.807, 2.05) is 4.90 Å². The first-order chi connectivity index (χ1) is 16.3. The number of hydrogen-bond acceptors (Lipinski definition) is 5. The van der Waals surface area contributed by atoms with Crippen molar-refractivity contribution in [1.29, 1.82) is 0 Å². The molecule has 8 nitrogen and oxygen atoms in total. The molecule has 2 heterocycles. The van der Waals surface area contributed by atoms with Gasteiger partial charge in [-0.25, -0.2) is 9.69 Å². The number of anilines is 1. The summed E-state index contributed by atoms with van der Waals surface area (Å²) in [6.45, 7) is 11.7. The minimum absolute atomic E-state index is 0.0832. The van der Waals surface area contributed by atoms with Gasteiger partial charge in [0.05, 0.1) is 31.0 Å². The highest BCUT2D eigenvalue weighted by molar-refractivity contribution is 9.09. The predicted molar refractivity (Wildman–Crippen MR) is 141 cm³/mol. The third-order valence-electron chi connectivity index (χ3n) is 8.08. The zero-order valence-electron chi connectivity index (χ0n) is 21.5. The van der Waals surface area contributed by atoms with E-state index in [4.69, 9.17) is 13.9 Å². The largest absolute Gasteiger partial charge is 0.493 e.